The zero-order chi connectivity index (χ0) is 46.0. The molecule has 2 heteroatoms. The Balaban J connectivity index is 0.989. The van der Waals surface area contributed by atoms with E-state index in [9.17, 15) is 0 Å². The summed E-state index contributed by atoms with van der Waals surface area (Å²) in [6.07, 6.45) is 4.47. The molecule has 15 rings (SSSR count). The Morgan fingerprint density at radius 3 is 1.39 bits per heavy atom. The third-order valence-electron chi connectivity index (χ3n) is 16.2. The van der Waals surface area contributed by atoms with E-state index in [0.717, 1.165) is 29.9 Å². The van der Waals surface area contributed by atoms with Crippen LogP contribution in [0.15, 0.2) is 266 Å². The van der Waals surface area contributed by atoms with Crippen LogP contribution in [-0.2, 0) is 10.8 Å². The molecule has 2 nitrogen and oxygen atoms in total. The number of aromatic nitrogens is 1. The van der Waals surface area contributed by atoms with Crippen LogP contribution in [0.2, 0.25) is 0 Å². The van der Waals surface area contributed by atoms with E-state index in [2.05, 4.69) is 264 Å². The lowest BCUT2D eigenvalue weighted by Crippen LogP contribution is -2.33. The van der Waals surface area contributed by atoms with Crippen molar-refractivity contribution in [3.05, 3.63) is 311 Å². The van der Waals surface area contributed by atoms with E-state index in [1.165, 1.54) is 105 Å². The molecule has 10 aromatic carbocycles. The first-order valence-electron chi connectivity index (χ1n) is 24.7. The fourth-order valence-corrected chi connectivity index (χ4v) is 13.6. The van der Waals surface area contributed by atoms with E-state index in [1.807, 2.05) is 0 Å². The molecule has 4 aliphatic rings. The summed E-state index contributed by atoms with van der Waals surface area (Å²) in [7, 11) is 0. The van der Waals surface area contributed by atoms with Crippen molar-refractivity contribution in [2.24, 2.45) is 0 Å². The van der Waals surface area contributed by atoms with Gasteiger partial charge in [-0.2, -0.15) is 0 Å². The van der Waals surface area contributed by atoms with Crippen molar-refractivity contribution >= 4 is 38.8 Å². The quantitative estimate of drug-likeness (QED) is 0.161. The summed E-state index contributed by atoms with van der Waals surface area (Å²) in [5.41, 5.74) is 24.7. The minimum absolute atomic E-state index is 0.497. The molecule has 11 aromatic rings. The van der Waals surface area contributed by atoms with E-state index in [0.29, 0.717) is 0 Å². The minimum Gasteiger partial charge on any atom is -0.310 e. The standard InChI is InChI=1S/C68H46N2/c1-2-20-45(21-3-1)67(58-32-11-4-24-50(58)51-25-5-12-33-59(51)67)46-40-42-47(43-41-46)69(48-22-18-23-49(44-48)70-63-37-16-9-29-55(63)56-30-10-17-38-64(56)70)65-39-19-31-57-54-28-8-15-36-62(54)68(66(57)65)60-34-13-6-26-52(60)53-27-7-14-35-61(53)68/h1-18,20-30,32-44H,19,31H2. The number of anilines is 2. The molecule has 4 aliphatic carbocycles. The molecule has 1 spiro atoms. The average molecular weight is 891 g/mol. The van der Waals surface area contributed by atoms with Crippen LogP contribution in [0.1, 0.15) is 57.3 Å². The van der Waals surface area contributed by atoms with Crippen molar-refractivity contribution in [2.45, 2.75) is 23.7 Å². The molecule has 0 saturated heterocycles. The van der Waals surface area contributed by atoms with Crippen LogP contribution >= 0.6 is 0 Å². The summed E-state index contributed by atoms with van der Waals surface area (Å²) >= 11 is 0. The lowest BCUT2D eigenvalue weighted by atomic mass is 9.67. The van der Waals surface area contributed by atoms with Gasteiger partial charge in [0.15, 0.2) is 0 Å². The summed E-state index contributed by atoms with van der Waals surface area (Å²) in [4.78, 5) is 2.60. The van der Waals surface area contributed by atoms with Gasteiger partial charge >= 0.3 is 0 Å². The highest BCUT2D eigenvalue weighted by Crippen LogP contribution is 2.65. The Hall–Kier alpha value is -8.72. The Kier molecular flexibility index (Phi) is 8.36. The predicted octanol–water partition coefficient (Wildman–Crippen LogP) is 16.7. The van der Waals surface area contributed by atoms with Crippen molar-refractivity contribution in [3.63, 3.8) is 0 Å². The minimum atomic E-state index is -0.498. The highest BCUT2D eigenvalue weighted by Gasteiger charge is 2.55. The first kappa shape index (κ1) is 39.3. The van der Waals surface area contributed by atoms with E-state index in [-0.39, 0.29) is 0 Å². The van der Waals surface area contributed by atoms with Crippen LogP contribution in [0.25, 0.3) is 55.3 Å². The number of allylic oxidation sites excluding steroid dienone is 3. The fourth-order valence-electron chi connectivity index (χ4n) is 13.6. The van der Waals surface area contributed by atoms with E-state index >= 15 is 0 Å². The second kappa shape index (κ2) is 14.9. The third-order valence-corrected chi connectivity index (χ3v) is 16.2. The molecule has 0 N–H and O–H groups in total. The number of fused-ring (bicyclic) bond motifs is 15. The topological polar surface area (TPSA) is 8.17 Å². The van der Waals surface area contributed by atoms with Crippen LogP contribution in [0.5, 0.6) is 0 Å². The Labute approximate surface area is 408 Å². The van der Waals surface area contributed by atoms with E-state index < -0.39 is 10.8 Å². The highest BCUT2D eigenvalue weighted by molar-refractivity contribution is 6.09. The summed E-state index contributed by atoms with van der Waals surface area (Å²) < 4.78 is 2.45. The zero-order valence-electron chi connectivity index (χ0n) is 38.6. The maximum absolute atomic E-state index is 2.60. The van der Waals surface area contributed by atoms with Gasteiger partial charge in [-0.1, -0.05) is 212 Å². The smallest absolute Gasteiger partial charge is 0.0742 e. The van der Waals surface area contributed by atoms with Crippen LogP contribution in [-0.4, -0.2) is 4.57 Å². The molecular weight excluding hydrogens is 845 g/mol. The van der Waals surface area contributed by atoms with Crippen molar-refractivity contribution in [1.82, 2.24) is 4.57 Å². The first-order chi connectivity index (χ1) is 34.8. The molecule has 0 radical (unpaired) electrons. The van der Waals surface area contributed by atoms with Gasteiger partial charge in [-0.3, -0.25) is 0 Å². The van der Waals surface area contributed by atoms with Gasteiger partial charge in [-0.05, 0) is 133 Å². The second-order valence-electron chi connectivity index (χ2n) is 19.3. The molecule has 0 amide bonds. The van der Waals surface area contributed by atoms with Crippen molar-refractivity contribution in [3.8, 4) is 27.9 Å². The van der Waals surface area contributed by atoms with Gasteiger partial charge < -0.3 is 9.47 Å². The number of nitrogens with zero attached hydrogens (tertiary/aromatic N) is 2. The van der Waals surface area contributed by atoms with Crippen LogP contribution < -0.4 is 4.90 Å². The van der Waals surface area contributed by atoms with Gasteiger partial charge in [-0.15, -0.1) is 0 Å². The molecule has 0 unspecified atom stereocenters. The SMILES string of the molecule is C1=C(N(c2ccc(C3(c4ccccc4)c4ccccc4-c4ccccc43)cc2)c2cccc(-n3c4ccccc4c4ccccc43)c2)C2=C(CC1)c1ccccc1C21c2ccccc2-c2ccccc21. The fraction of sp³-hybridized carbons (Fsp3) is 0.0588. The van der Waals surface area contributed by atoms with Crippen molar-refractivity contribution in [1.29, 1.82) is 0 Å². The van der Waals surface area contributed by atoms with E-state index in [4.69, 9.17) is 0 Å². The van der Waals surface area contributed by atoms with Gasteiger partial charge in [0.1, 0.15) is 0 Å². The lowest BCUT2D eigenvalue weighted by molar-refractivity contribution is 0.758. The monoisotopic (exact) mass is 890 g/mol. The maximum Gasteiger partial charge on any atom is 0.0742 e. The first-order valence-corrected chi connectivity index (χ1v) is 24.7. The van der Waals surface area contributed by atoms with Gasteiger partial charge in [0.2, 0.25) is 0 Å². The average Bonchev–Trinajstić information content (AvgIpc) is 4.13. The summed E-state index contributed by atoms with van der Waals surface area (Å²) in [5, 5.41) is 2.51. The van der Waals surface area contributed by atoms with Crippen molar-refractivity contribution < 1.29 is 0 Å². The van der Waals surface area contributed by atoms with Gasteiger partial charge in [0, 0.05) is 33.5 Å². The molecular formula is C68H46N2. The molecule has 328 valence electrons. The third kappa shape index (κ3) is 5.12. The Morgan fingerprint density at radius 1 is 0.357 bits per heavy atom. The van der Waals surface area contributed by atoms with Crippen LogP contribution in [0.3, 0.4) is 0 Å². The highest BCUT2D eigenvalue weighted by atomic mass is 15.2. The summed E-state index contributed by atoms with van der Waals surface area (Å²) in [6, 6.07) is 93.4. The number of rotatable bonds is 6. The normalized spacial score (nSPS) is 15.3. The maximum atomic E-state index is 2.60. The lowest BCUT2D eigenvalue weighted by Gasteiger charge is -2.40. The van der Waals surface area contributed by atoms with Gasteiger partial charge in [0.05, 0.1) is 21.9 Å². The molecule has 0 fully saturated rings. The Bertz CT molecular complexity index is 3870. The molecule has 0 atom stereocenters. The van der Waals surface area contributed by atoms with E-state index in [1.54, 1.807) is 0 Å². The zero-order valence-corrected chi connectivity index (χ0v) is 38.6. The second-order valence-corrected chi connectivity index (χ2v) is 19.3. The number of hydrogen-bond donors (Lipinski definition) is 0. The number of hydrogen-bond acceptors (Lipinski definition) is 1. The summed E-state index contributed by atoms with van der Waals surface area (Å²) in [6.45, 7) is 0. The molecule has 70 heavy (non-hydrogen) atoms. The molecule has 0 saturated carbocycles. The van der Waals surface area contributed by atoms with Gasteiger partial charge in [0.25, 0.3) is 0 Å². The summed E-state index contributed by atoms with van der Waals surface area (Å²) in [5.74, 6) is 0. The van der Waals surface area contributed by atoms with Crippen LogP contribution in [0, 0.1) is 0 Å². The van der Waals surface area contributed by atoms with Crippen molar-refractivity contribution in [2.75, 3.05) is 4.90 Å². The molecule has 0 bridgehead atoms. The predicted molar refractivity (Wildman–Crippen MR) is 289 cm³/mol. The molecule has 1 aromatic heterocycles. The van der Waals surface area contributed by atoms with Crippen LogP contribution in [0.4, 0.5) is 11.4 Å². The van der Waals surface area contributed by atoms with Gasteiger partial charge in [-0.25, -0.2) is 0 Å². The largest absolute Gasteiger partial charge is 0.310 e. The molecule has 1 heterocycles. The Morgan fingerprint density at radius 2 is 0.814 bits per heavy atom. The number of para-hydroxylation sites is 2. The molecule has 0 aliphatic heterocycles. The number of benzene rings is 10.